The van der Waals surface area contributed by atoms with Crippen molar-refractivity contribution in [3.63, 3.8) is 0 Å². The van der Waals surface area contributed by atoms with Gasteiger partial charge in [-0.15, -0.1) is 0 Å². The predicted molar refractivity (Wildman–Crippen MR) is 73.1 cm³/mol. The third kappa shape index (κ3) is 4.54. The van der Waals surface area contributed by atoms with Crippen LogP contribution in [0.1, 0.15) is 23.2 Å². The fourth-order valence-electron chi connectivity index (χ4n) is 1.47. The Kier molecular flexibility index (Phi) is 5.51. The molecule has 0 aromatic heterocycles. The van der Waals surface area contributed by atoms with Crippen LogP contribution in [-0.2, 0) is 9.59 Å². The minimum Gasteiger partial charge on any atom is -0.507 e. The molecular formula is C12H13BrN2O5. The van der Waals surface area contributed by atoms with E-state index in [4.69, 9.17) is 10.8 Å². The third-order valence-electron chi connectivity index (χ3n) is 2.49. The first-order valence-corrected chi connectivity index (χ1v) is 6.41. The quantitative estimate of drug-likeness (QED) is 0.600. The molecule has 5 N–H and O–H groups in total. The number of aliphatic carboxylic acids is 1. The van der Waals surface area contributed by atoms with E-state index in [0.717, 1.165) is 0 Å². The first-order chi connectivity index (χ1) is 9.31. The zero-order valence-corrected chi connectivity index (χ0v) is 11.9. The van der Waals surface area contributed by atoms with Crippen LogP contribution in [0.25, 0.3) is 0 Å². The van der Waals surface area contributed by atoms with Gasteiger partial charge in [0.15, 0.2) is 0 Å². The van der Waals surface area contributed by atoms with E-state index in [1.165, 1.54) is 18.2 Å². The smallest absolute Gasteiger partial charge is 0.326 e. The van der Waals surface area contributed by atoms with Crippen molar-refractivity contribution in [1.82, 2.24) is 5.32 Å². The standard InChI is InChI=1S/C12H13BrN2O5/c13-6-1-3-9(16)7(5-6)11(18)15-8(12(19)20)2-4-10(14)17/h1,3,5,8,16H,2,4H2,(H2,14,17)(H,15,18)(H,19,20)/t8-/m1/s1. The van der Waals surface area contributed by atoms with Crippen molar-refractivity contribution in [3.8, 4) is 5.75 Å². The molecule has 0 aliphatic carbocycles. The highest BCUT2D eigenvalue weighted by Gasteiger charge is 2.22. The van der Waals surface area contributed by atoms with Crippen LogP contribution < -0.4 is 11.1 Å². The predicted octanol–water partition coefficient (Wildman–Crippen LogP) is 0.603. The zero-order valence-electron chi connectivity index (χ0n) is 10.3. The molecule has 0 spiro atoms. The highest BCUT2D eigenvalue weighted by atomic mass is 79.9. The Balaban J connectivity index is 2.82. The van der Waals surface area contributed by atoms with Gasteiger partial charge in [0.05, 0.1) is 5.56 Å². The summed E-state index contributed by atoms with van der Waals surface area (Å²) in [5, 5.41) is 20.8. The third-order valence-corrected chi connectivity index (χ3v) is 2.98. The maximum Gasteiger partial charge on any atom is 0.326 e. The summed E-state index contributed by atoms with van der Waals surface area (Å²) in [6.45, 7) is 0. The summed E-state index contributed by atoms with van der Waals surface area (Å²) in [5.41, 5.74) is 4.87. The lowest BCUT2D eigenvalue weighted by Gasteiger charge is -2.14. The van der Waals surface area contributed by atoms with Crippen LogP contribution in [0, 0.1) is 0 Å². The molecule has 0 unspecified atom stereocenters. The summed E-state index contributed by atoms with van der Waals surface area (Å²) < 4.78 is 0.560. The number of phenolic OH excluding ortho intramolecular Hbond substituents is 1. The number of amides is 2. The van der Waals surface area contributed by atoms with Crippen LogP contribution >= 0.6 is 15.9 Å². The van der Waals surface area contributed by atoms with Gasteiger partial charge in [0.1, 0.15) is 11.8 Å². The lowest BCUT2D eigenvalue weighted by atomic mass is 10.1. The number of carboxylic acid groups (broad SMARTS) is 1. The number of halogens is 1. The van der Waals surface area contributed by atoms with Gasteiger partial charge in [0.2, 0.25) is 5.91 Å². The molecule has 0 radical (unpaired) electrons. The average Bonchev–Trinajstić information content (AvgIpc) is 2.36. The molecule has 0 bridgehead atoms. The zero-order chi connectivity index (χ0) is 15.3. The minimum atomic E-state index is -1.28. The van der Waals surface area contributed by atoms with Gasteiger partial charge in [-0.05, 0) is 24.6 Å². The molecule has 108 valence electrons. The lowest BCUT2D eigenvalue weighted by Crippen LogP contribution is -2.41. The van der Waals surface area contributed by atoms with Crippen molar-refractivity contribution in [1.29, 1.82) is 0 Å². The second-order valence-electron chi connectivity index (χ2n) is 4.03. The Morgan fingerprint density at radius 2 is 2.00 bits per heavy atom. The number of hydrogen-bond acceptors (Lipinski definition) is 4. The van der Waals surface area contributed by atoms with Gasteiger partial charge in [0.25, 0.3) is 5.91 Å². The van der Waals surface area contributed by atoms with Crippen molar-refractivity contribution in [2.45, 2.75) is 18.9 Å². The van der Waals surface area contributed by atoms with E-state index < -0.39 is 23.8 Å². The minimum absolute atomic E-state index is 0.0651. The number of carboxylic acids is 1. The highest BCUT2D eigenvalue weighted by molar-refractivity contribution is 9.10. The van der Waals surface area contributed by atoms with E-state index in [1.807, 2.05) is 0 Å². The number of benzene rings is 1. The molecule has 1 rings (SSSR count). The summed E-state index contributed by atoms with van der Waals surface area (Å²) in [7, 11) is 0. The van der Waals surface area contributed by atoms with Crippen LogP contribution in [0.4, 0.5) is 0 Å². The number of aromatic hydroxyl groups is 1. The number of hydrogen-bond donors (Lipinski definition) is 4. The molecule has 2 amide bonds. The molecule has 20 heavy (non-hydrogen) atoms. The SMILES string of the molecule is NC(=O)CC[C@@H](NC(=O)c1cc(Br)ccc1O)C(=O)O. The van der Waals surface area contributed by atoms with E-state index in [1.54, 1.807) is 0 Å². The monoisotopic (exact) mass is 344 g/mol. The largest absolute Gasteiger partial charge is 0.507 e. The summed E-state index contributed by atoms with van der Waals surface area (Å²) in [6.07, 6.45) is -0.285. The van der Waals surface area contributed by atoms with Gasteiger partial charge in [-0.2, -0.15) is 0 Å². The number of phenols is 1. The Hall–Kier alpha value is -2.09. The van der Waals surface area contributed by atoms with Crippen molar-refractivity contribution >= 4 is 33.7 Å². The van der Waals surface area contributed by atoms with E-state index in [0.29, 0.717) is 4.47 Å². The van der Waals surface area contributed by atoms with Gasteiger partial charge in [-0.3, -0.25) is 9.59 Å². The number of carbonyl (C=O) groups is 3. The molecule has 8 heteroatoms. The molecule has 0 saturated heterocycles. The summed E-state index contributed by atoms with van der Waals surface area (Å²) >= 11 is 3.14. The number of nitrogens with two attached hydrogens (primary N) is 1. The van der Waals surface area contributed by atoms with Crippen LogP contribution in [0.15, 0.2) is 22.7 Å². The molecule has 0 heterocycles. The molecule has 0 aliphatic heterocycles. The van der Waals surface area contributed by atoms with Gasteiger partial charge >= 0.3 is 5.97 Å². The first kappa shape index (κ1) is 16.0. The van der Waals surface area contributed by atoms with Crippen molar-refractivity contribution in [3.05, 3.63) is 28.2 Å². The van der Waals surface area contributed by atoms with E-state index in [-0.39, 0.29) is 24.2 Å². The Labute approximate surface area is 122 Å². The van der Waals surface area contributed by atoms with E-state index >= 15 is 0 Å². The second kappa shape index (κ2) is 6.90. The molecule has 1 aromatic carbocycles. The van der Waals surface area contributed by atoms with Crippen LogP contribution in [-0.4, -0.2) is 34.0 Å². The molecule has 0 fully saturated rings. The fourth-order valence-corrected chi connectivity index (χ4v) is 1.83. The second-order valence-corrected chi connectivity index (χ2v) is 4.95. The van der Waals surface area contributed by atoms with Crippen LogP contribution in [0.3, 0.4) is 0 Å². The van der Waals surface area contributed by atoms with Gasteiger partial charge in [0, 0.05) is 10.9 Å². The van der Waals surface area contributed by atoms with E-state index in [9.17, 15) is 19.5 Å². The molecule has 0 aliphatic rings. The molecular weight excluding hydrogens is 332 g/mol. The number of nitrogens with one attached hydrogen (secondary N) is 1. The first-order valence-electron chi connectivity index (χ1n) is 5.61. The Morgan fingerprint density at radius 1 is 1.35 bits per heavy atom. The van der Waals surface area contributed by atoms with E-state index in [2.05, 4.69) is 21.2 Å². The number of carbonyl (C=O) groups excluding carboxylic acids is 2. The van der Waals surface area contributed by atoms with Crippen LogP contribution in [0.5, 0.6) is 5.75 Å². The lowest BCUT2D eigenvalue weighted by molar-refractivity contribution is -0.139. The molecule has 1 aromatic rings. The number of primary amides is 1. The topological polar surface area (TPSA) is 130 Å². The maximum atomic E-state index is 11.9. The van der Waals surface area contributed by atoms with Gasteiger partial charge < -0.3 is 21.3 Å². The van der Waals surface area contributed by atoms with Gasteiger partial charge in [-0.25, -0.2) is 4.79 Å². The average molecular weight is 345 g/mol. The van der Waals surface area contributed by atoms with Crippen LogP contribution in [0.2, 0.25) is 0 Å². The Morgan fingerprint density at radius 3 is 2.55 bits per heavy atom. The van der Waals surface area contributed by atoms with Crippen molar-refractivity contribution in [2.24, 2.45) is 5.73 Å². The summed E-state index contributed by atoms with van der Waals surface area (Å²) in [6, 6.07) is 2.94. The summed E-state index contributed by atoms with van der Waals surface area (Å²) in [5.74, 6) is -2.96. The molecule has 1 atom stereocenters. The molecule has 7 nitrogen and oxygen atoms in total. The highest BCUT2D eigenvalue weighted by Crippen LogP contribution is 2.21. The van der Waals surface area contributed by atoms with Crippen molar-refractivity contribution < 1.29 is 24.6 Å². The normalized spacial score (nSPS) is 11.7. The fraction of sp³-hybridized carbons (Fsp3) is 0.250. The maximum absolute atomic E-state index is 11.9. The Bertz CT molecular complexity index is 547. The summed E-state index contributed by atoms with van der Waals surface area (Å²) in [4.78, 5) is 33.5. The van der Waals surface area contributed by atoms with Crippen molar-refractivity contribution in [2.75, 3.05) is 0 Å². The molecule has 0 saturated carbocycles. The number of rotatable bonds is 6. The van der Waals surface area contributed by atoms with Gasteiger partial charge in [-0.1, -0.05) is 15.9 Å².